The molecule has 1 heterocycles. The Hall–Kier alpha value is -1.44. The molecule has 5 nitrogen and oxygen atoms in total. The predicted octanol–water partition coefficient (Wildman–Crippen LogP) is 2.69. The van der Waals surface area contributed by atoms with Gasteiger partial charge in [-0.25, -0.2) is 13.5 Å². The Morgan fingerprint density at radius 2 is 2.05 bits per heavy atom. The molecule has 1 atom stereocenters. The maximum atomic E-state index is 12.4. The number of thiophene rings is 1. The minimum atomic E-state index is -3.44. The van der Waals surface area contributed by atoms with E-state index in [1.54, 1.807) is 31.3 Å². The Kier molecular flexibility index (Phi) is 5.20. The molecule has 0 unspecified atom stereocenters. The number of rotatable bonds is 7. The fourth-order valence-corrected chi connectivity index (χ4v) is 4.97. The first-order valence-corrected chi connectivity index (χ1v) is 9.61. The van der Waals surface area contributed by atoms with E-state index in [9.17, 15) is 18.4 Å². The molecule has 0 spiro atoms. The lowest BCUT2D eigenvalue weighted by Gasteiger charge is -2.25. The summed E-state index contributed by atoms with van der Waals surface area (Å²) >= 11 is 1.61. The van der Waals surface area contributed by atoms with Crippen LogP contribution in [-0.2, 0) is 20.4 Å². The van der Waals surface area contributed by atoms with Gasteiger partial charge in [0.25, 0.3) is 0 Å². The van der Waals surface area contributed by atoms with Gasteiger partial charge in [0.15, 0.2) is 9.84 Å². The quantitative estimate of drug-likeness (QED) is 0.477. The highest BCUT2D eigenvalue weighted by molar-refractivity contribution is 7.90. The average molecular weight is 341 g/mol. The van der Waals surface area contributed by atoms with Crippen molar-refractivity contribution >= 4 is 37.7 Å². The van der Waals surface area contributed by atoms with Crippen LogP contribution in [0.4, 0.5) is 0 Å². The maximum Gasteiger partial charge on any atom is 0.233 e. The first kappa shape index (κ1) is 16.9. The van der Waals surface area contributed by atoms with Crippen LogP contribution in [0.5, 0.6) is 0 Å². The fourth-order valence-electron chi connectivity index (χ4n) is 2.33. The van der Waals surface area contributed by atoms with Crippen LogP contribution < -0.4 is 0 Å². The van der Waals surface area contributed by atoms with E-state index < -0.39 is 15.9 Å². The van der Waals surface area contributed by atoms with Gasteiger partial charge in [0.2, 0.25) is 6.41 Å². The molecule has 2 rings (SSSR count). The molecular weight excluding hydrogens is 322 g/mol. The summed E-state index contributed by atoms with van der Waals surface area (Å²) in [5.74, 6) is -0.527. The number of benzene rings is 1. The van der Waals surface area contributed by atoms with Crippen molar-refractivity contribution in [2.45, 2.75) is 25.6 Å². The number of carbonyl (C=O) groups is 1. The molecule has 1 aromatic heterocycles. The zero-order valence-electron chi connectivity index (χ0n) is 12.5. The molecule has 120 valence electrons. The third-order valence-corrected chi connectivity index (χ3v) is 6.07. The van der Waals surface area contributed by atoms with Crippen molar-refractivity contribution in [3.8, 4) is 0 Å². The number of hydrogen-bond acceptors (Lipinski definition) is 5. The van der Waals surface area contributed by atoms with Crippen LogP contribution in [0.25, 0.3) is 10.1 Å². The number of nitrogens with zero attached hydrogens (tertiary/aromatic N) is 1. The predicted molar refractivity (Wildman–Crippen MR) is 87.6 cm³/mol. The number of carbonyl (C=O) groups excluding carboxylic acids is 1. The number of hydrogen-bond donors (Lipinski definition) is 1. The van der Waals surface area contributed by atoms with E-state index >= 15 is 0 Å². The Balaban J connectivity index is 2.17. The average Bonchev–Trinajstić information content (AvgIpc) is 2.90. The van der Waals surface area contributed by atoms with Crippen LogP contribution in [-0.4, -0.2) is 36.9 Å². The second kappa shape index (κ2) is 6.76. The van der Waals surface area contributed by atoms with E-state index in [1.165, 1.54) is 0 Å². The molecule has 7 heteroatoms. The summed E-state index contributed by atoms with van der Waals surface area (Å²) in [5, 5.41) is 13.0. The Morgan fingerprint density at radius 1 is 1.32 bits per heavy atom. The van der Waals surface area contributed by atoms with Gasteiger partial charge in [-0.15, -0.1) is 11.3 Å². The lowest BCUT2D eigenvalue weighted by molar-refractivity contribution is -0.161. The molecular formula is C15H19NO4S2. The van der Waals surface area contributed by atoms with Gasteiger partial charge in [0.1, 0.15) is 0 Å². The molecule has 0 saturated carbocycles. The summed E-state index contributed by atoms with van der Waals surface area (Å²) in [5.41, 5.74) is 0.712. The lowest BCUT2D eigenvalue weighted by Crippen LogP contribution is -2.41. The Bertz CT molecular complexity index is 752. The third kappa shape index (κ3) is 4.06. The van der Waals surface area contributed by atoms with Crippen molar-refractivity contribution in [1.82, 2.24) is 5.06 Å². The minimum absolute atomic E-state index is 0.102. The van der Waals surface area contributed by atoms with Gasteiger partial charge < -0.3 is 0 Å². The number of fused-ring (bicyclic) bond motifs is 1. The Labute approximate surface area is 134 Å². The molecule has 0 bridgehead atoms. The van der Waals surface area contributed by atoms with Crippen LogP contribution >= 0.6 is 11.3 Å². The summed E-state index contributed by atoms with van der Waals surface area (Å²) in [7, 11) is -3.44. The van der Waals surface area contributed by atoms with Crippen molar-refractivity contribution in [2.75, 3.05) is 5.75 Å². The van der Waals surface area contributed by atoms with E-state index in [0.717, 1.165) is 10.1 Å². The van der Waals surface area contributed by atoms with Gasteiger partial charge in [-0.2, -0.15) is 0 Å². The molecule has 1 N–H and O–H groups in total. The van der Waals surface area contributed by atoms with Gasteiger partial charge in [-0.05, 0) is 40.4 Å². The second-order valence-corrected chi connectivity index (χ2v) is 8.70. The van der Waals surface area contributed by atoms with Crippen LogP contribution in [0.1, 0.15) is 19.4 Å². The van der Waals surface area contributed by atoms with E-state index in [2.05, 4.69) is 0 Å². The standard InChI is InChI=1S/C15H19NO4S2/c1-11(2)14(16(18)10-17)9-22(19,20)8-12-3-4-15-13(7-12)5-6-21-15/h3-7,10-11,14,18H,8-9H2,1-2H3/t14-/m1/s1. The molecule has 0 fully saturated rings. The molecule has 1 amide bonds. The summed E-state index contributed by atoms with van der Waals surface area (Å²) in [6.45, 7) is 3.54. The highest BCUT2D eigenvalue weighted by Crippen LogP contribution is 2.23. The van der Waals surface area contributed by atoms with Crippen LogP contribution in [0.2, 0.25) is 0 Å². The van der Waals surface area contributed by atoms with Gasteiger partial charge in [-0.1, -0.05) is 19.9 Å². The monoisotopic (exact) mass is 341 g/mol. The van der Waals surface area contributed by atoms with Crippen molar-refractivity contribution in [2.24, 2.45) is 5.92 Å². The van der Waals surface area contributed by atoms with E-state index in [4.69, 9.17) is 0 Å². The third-order valence-electron chi connectivity index (χ3n) is 3.55. The van der Waals surface area contributed by atoms with Gasteiger partial charge in [0.05, 0.1) is 17.5 Å². The Morgan fingerprint density at radius 3 is 2.68 bits per heavy atom. The molecule has 0 aliphatic rings. The van der Waals surface area contributed by atoms with E-state index in [-0.39, 0.29) is 23.8 Å². The van der Waals surface area contributed by atoms with Crippen LogP contribution in [0.15, 0.2) is 29.6 Å². The smallest absolute Gasteiger partial charge is 0.233 e. The van der Waals surface area contributed by atoms with Crippen LogP contribution in [0.3, 0.4) is 0 Å². The van der Waals surface area contributed by atoms with Gasteiger partial charge >= 0.3 is 0 Å². The summed E-state index contributed by atoms with van der Waals surface area (Å²) < 4.78 is 25.8. The summed E-state index contributed by atoms with van der Waals surface area (Å²) in [6, 6.07) is 6.79. The number of amides is 1. The van der Waals surface area contributed by atoms with Gasteiger partial charge in [0, 0.05) is 4.70 Å². The number of hydroxylamine groups is 2. The molecule has 1 aromatic carbocycles. The SMILES string of the molecule is CC(C)[C@@H](CS(=O)(=O)Cc1ccc2sccc2c1)N(O)C=O. The topological polar surface area (TPSA) is 74.7 Å². The van der Waals surface area contributed by atoms with E-state index in [0.29, 0.717) is 10.6 Å². The van der Waals surface area contributed by atoms with Crippen molar-refractivity contribution in [1.29, 1.82) is 0 Å². The molecule has 0 aliphatic heterocycles. The molecule has 22 heavy (non-hydrogen) atoms. The van der Waals surface area contributed by atoms with Crippen molar-refractivity contribution in [3.63, 3.8) is 0 Å². The molecule has 2 aromatic rings. The molecule has 0 aliphatic carbocycles. The zero-order chi connectivity index (χ0) is 16.3. The van der Waals surface area contributed by atoms with Crippen molar-refractivity contribution in [3.05, 3.63) is 35.2 Å². The fraction of sp³-hybridized carbons (Fsp3) is 0.400. The first-order valence-electron chi connectivity index (χ1n) is 6.91. The zero-order valence-corrected chi connectivity index (χ0v) is 14.1. The lowest BCUT2D eigenvalue weighted by atomic mass is 10.1. The highest BCUT2D eigenvalue weighted by atomic mass is 32.2. The largest absolute Gasteiger partial charge is 0.286 e. The number of sulfone groups is 1. The first-order chi connectivity index (χ1) is 10.3. The van der Waals surface area contributed by atoms with Crippen molar-refractivity contribution < 1.29 is 18.4 Å². The second-order valence-electron chi connectivity index (χ2n) is 5.64. The molecule has 0 saturated heterocycles. The highest BCUT2D eigenvalue weighted by Gasteiger charge is 2.26. The molecule has 0 radical (unpaired) electrons. The summed E-state index contributed by atoms with van der Waals surface area (Å²) in [4.78, 5) is 10.7. The normalized spacial score (nSPS) is 13.5. The van der Waals surface area contributed by atoms with E-state index in [1.807, 2.05) is 23.6 Å². The maximum absolute atomic E-state index is 12.4. The summed E-state index contributed by atoms with van der Waals surface area (Å²) in [6.07, 6.45) is 0.248. The minimum Gasteiger partial charge on any atom is -0.286 e. The van der Waals surface area contributed by atoms with Crippen LogP contribution in [0, 0.1) is 5.92 Å². The van der Waals surface area contributed by atoms with Gasteiger partial charge in [-0.3, -0.25) is 10.0 Å².